The third kappa shape index (κ3) is 3.48. The van der Waals surface area contributed by atoms with E-state index in [4.69, 9.17) is 4.52 Å². The van der Waals surface area contributed by atoms with Gasteiger partial charge in [0.2, 0.25) is 12.2 Å². The van der Waals surface area contributed by atoms with Gasteiger partial charge in [-0.05, 0) is 50.3 Å². The molecule has 0 bridgehead atoms. The fourth-order valence-electron chi connectivity index (χ4n) is 3.18. The van der Waals surface area contributed by atoms with Gasteiger partial charge in [0.15, 0.2) is 0 Å². The van der Waals surface area contributed by atoms with Crippen molar-refractivity contribution < 1.29 is 9.32 Å². The molecule has 2 heterocycles. The Bertz CT molecular complexity index is 672. The highest BCUT2D eigenvalue weighted by Gasteiger charge is 2.26. The Labute approximate surface area is 141 Å². The van der Waals surface area contributed by atoms with E-state index in [9.17, 15) is 4.79 Å². The molecule has 0 spiro atoms. The molecule has 0 unspecified atom stereocenters. The molecule has 1 aliphatic heterocycles. The molecule has 2 fully saturated rings. The van der Waals surface area contributed by atoms with Gasteiger partial charge < -0.3 is 14.7 Å². The molecule has 0 atom stereocenters. The summed E-state index contributed by atoms with van der Waals surface area (Å²) in [5.41, 5.74) is 1.56. The van der Waals surface area contributed by atoms with E-state index in [2.05, 4.69) is 15.5 Å². The van der Waals surface area contributed by atoms with Crippen molar-refractivity contribution in [3.05, 3.63) is 36.2 Å². The van der Waals surface area contributed by atoms with Gasteiger partial charge in [-0.1, -0.05) is 17.3 Å². The highest BCUT2D eigenvalue weighted by atomic mass is 16.5. The lowest BCUT2D eigenvalue weighted by Crippen LogP contribution is -2.45. The van der Waals surface area contributed by atoms with E-state index in [0.717, 1.165) is 44.0 Å². The van der Waals surface area contributed by atoms with Crippen molar-refractivity contribution in [3.63, 3.8) is 0 Å². The zero-order valence-corrected chi connectivity index (χ0v) is 13.6. The lowest BCUT2D eigenvalue weighted by Gasteiger charge is -2.32. The Hall–Kier alpha value is -2.21. The average Bonchev–Trinajstić information content (AvgIpc) is 3.31. The van der Waals surface area contributed by atoms with Crippen LogP contribution in [0.1, 0.15) is 36.0 Å². The molecular formula is C18H22N4O2. The Kier molecular flexibility index (Phi) is 4.30. The Morgan fingerprint density at radius 1 is 1.17 bits per heavy atom. The summed E-state index contributed by atoms with van der Waals surface area (Å²) in [6, 6.07) is 7.97. The third-order valence-electron chi connectivity index (χ3n) is 4.93. The quantitative estimate of drug-likeness (QED) is 0.913. The molecule has 1 aromatic carbocycles. The highest BCUT2D eigenvalue weighted by Crippen LogP contribution is 2.28. The third-order valence-corrected chi connectivity index (χ3v) is 4.93. The maximum atomic E-state index is 12.6. The summed E-state index contributed by atoms with van der Waals surface area (Å²) in [6.45, 7) is 2.80. The summed E-state index contributed by atoms with van der Waals surface area (Å²) in [4.78, 5) is 18.6. The largest absolute Gasteiger partial charge is 0.342 e. The van der Waals surface area contributed by atoms with Gasteiger partial charge in [0.1, 0.15) is 0 Å². The molecule has 1 amide bonds. The zero-order valence-electron chi connectivity index (χ0n) is 13.6. The fraction of sp³-hybridized carbons (Fsp3) is 0.500. The van der Waals surface area contributed by atoms with E-state index in [1.165, 1.54) is 19.2 Å². The standard InChI is InChI=1S/C18H22N4O2/c23-18(15-5-3-14(4-6-15)17-20-12-24-21-17)22-9-7-16(8-10-22)19-11-13-1-2-13/h3-6,12-13,16,19H,1-2,7-11H2. The van der Waals surface area contributed by atoms with Crippen LogP contribution >= 0.6 is 0 Å². The minimum Gasteiger partial charge on any atom is -0.342 e. The number of likely N-dealkylation sites (tertiary alicyclic amines) is 1. The first-order chi connectivity index (χ1) is 11.8. The summed E-state index contributed by atoms with van der Waals surface area (Å²) in [5, 5.41) is 7.45. The number of nitrogens with zero attached hydrogens (tertiary/aromatic N) is 3. The van der Waals surface area contributed by atoms with Gasteiger partial charge in [-0.25, -0.2) is 0 Å². The molecule has 6 heteroatoms. The van der Waals surface area contributed by atoms with E-state index in [0.29, 0.717) is 17.4 Å². The number of aromatic nitrogens is 2. The number of hydrogen-bond donors (Lipinski definition) is 1. The predicted molar refractivity (Wildman–Crippen MR) is 89.4 cm³/mol. The van der Waals surface area contributed by atoms with Crippen molar-refractivity contribution >= 4 is 5.91 Å². The Morgan fingerprint density at radius 3 is 2.54 bits per heavy atom. The maximum Gasteiger partial charge on any atom is 0.253 e. The normalized spacial score (nSPS) is 18.8. The molecule has 2 aromatic rings. The lowest BCUT2D eigenvalue weighted by molar-refractivity contribution is 0.0705. The van der Waals surface area contributed by atoms with E-state index in [1.54, 1.807) is 0 Å². The van der Waals surface area contributed by atoms with Crippen LogP contribution in [0.3, 0.4) is 0 Å². The van der Waals surface area contributed by atoms with Gasteiger partial charge in [-0.2, -0.15) is 4.98 Å². The molecule has 126 valence electrons. The molecular weight excluding hydrogens is 304 g/mol. The van der Waals surface area contributed by atoms with Crippen molar-refractivity contribution in [2.45, 2.75) is 31.7 Å². The molecule has 1 aromatic heterocycles. The van der Waals surface area contributed by atoms with E-state index in [1.807, 2.05) is 29.2 Å². The molecule has 4 rings (SSSR count). The molecule has 1 saturated heterocycles. The van der Waals surface area contributed by atoms with Crippen LogP contribution in [0.15, 0.2) is 35.2 Å². The van der Waals surface area contributed by atoms with E-state index >= 15 is 0 Å². The number of amides is 1. The first-order valence-corrected chi connectivity index (χ1v) is 8.69. The summed E-state index contributed by atoms with van der Waals surface area (Å²) in [5.74, 6) is 1.55. The highest BCUT2D eigenvalue weighted by molar-refractivity contribution is 5.94. The summed E-state index contributed by atoms with van der Waals surface area (Å²) < 4.78 is 4.75. The second kappa shape index (κ2) is 6.73. The van der Waals surface area contributed by atoms with Crippen molar-refractivity contribution in [3.8, 4) is 11.4 Å². The molecule has 6 nitrogen and oxygen atoms in total. The van der Waals surface area contributed by atoms with Crippen molar-refractivity contribution in [1.29, 1.82) is 0 Å². The summed E-state index contributed by atoms with van der Waals surface area (Å²) in [7, 11) is 0. The van der Waals surface area contributed by atoms with Gasteiger partial charge in [0, 0.05) is 30.3 Å². The van der Waals surface area contributed by atoms with Crippen LogP contribution in [-0.4, -0.2) is 46.6 Å². The number of benzene rings is 1. The molecule has 1 N–H and O–H groups in total. The minimum absolute atomic E-state index is 0.107. The van der Waals surface area contributed by atoms with Gasteiger partial charge in [-0.3, -0.25) is 4.79 Å². The van der Waals surface area contributed by atoms with Crippen LogP contribution in [-0.2, 0) is 0 Å². The Morgan fingerprint density at radius 2 is 1.92 bits per heavy atom. The van der Waals surface area contributed by atoms with Gasteiger partial charge in [-0.15, -0.1) is 0 Å². The van der Waals surface area contributed by atoms with Crippen LogP contribution in [0.5, 0.6) is 0 Å². The number of nitrogens with one attached hydrogen (secondary N) is 1. The molecule has 0 radical (unpaired) electrons. The summed E-state index contributed by atoms with van der Waals surface area (Å²) >= 11 is 0. The van der Waals surface area contributed by atoms with Gasteiger partial charge in [0.05, 0.1) is 0 Å². The van der Waals surface area contributed by atoms with Crippen LogP contribution in [0, 0.1) is 5.92 Å². The molecule has 1 saturated carbocycles. The number of carbonyl (C=O) groups excluding carboxylic acids is 1. The molecule has 24 heavy (non-hydrogen) atoms. The first-order valence-electron chi connectivity index (χ1n) is 8.69. The molecule has 2 aliphatic rings. The number of carbonyl (C=O) groups is 1. The number of piperidine rings is 1. The zero-order chi connectivity index (χ0) is 16.4. The van der Waals surface area contributed by atoms with E-state index < -0.39 is 0 Å². The monoisotopic (exact) mass is 326 g/mol. The number of rotatable bonds is 5. The van der Waals surface area contributed by atoms with Crippen LogP contribution in [0.4, 0.5) is 0 Å². The van der Waals surface area contributed by atoms with Gasteiger partial charge in [0.25, 0.3) is 5.91 Å². The lowest BCUT2D eigenvalue weighted by atomic mass is 10.0. The number of hydrogen-bond acceptors (Lipinski definition) is 5. The summed E-state index contributed by atoms with van der Waals surface area (Å²) in [6.07, 6.45) is 6.14. The van der Waals surface area contributed by atoms with E-state index in [-0.39, 0.29) is 5.91 Å². The van der Waals surface area contributed by atoms with Crippen molar-refractivity contribution in [1.82, 2.24) is 20.4 Å². The SMILES string of the molecule is O=C(c1ccc(-c2ncon2)cc1)N1CCC(NCC2CC2)CC1. The second-order valence-corrected chi connectivity index (χ2v) is 6.75. The predicted octanol–water partition coefficient (Wildman–Crippen LogP) is 2.34. The minimum atomic E-state index is 0.107. The molecule has 1 aliphatic carbocycles. The average molecular weight is 326 g/mol. The Balaban J connectivity index is 1.32. The van der Waals surface area contributed by atoms with Crippen LogP contribution in [0.2, 0.25) is 0 Å². The van der Waals surface area contributed by atoms with Crippen LogP contribution in [0.25, 0.3) is 11.4 Å². The van der Waals surface area contributed by atoms with Crippen molar-refractivity contribution in [2.75, 3.05) is 19.6 Å². The van der Waals surface area contributed by atoms with Gasteiger partial charge >= 0.3 is 0 Å². The topological polar surface area (TPSA) is 71.3 Å². The van der Waals surface area contributed by atoms with Crippen LogP contribution < -0.4 is 5.32 Å². The smallest absolute Gasteiger partial charge is 0.253 e. The maximum absolute atomic E-state index is 12.6. The fourth-order valence-corrected chi connectivity index (χ4v) is 3.18. The first kappa shape index (κ1) is 15.3. The second-order valence-electron chi connectivity index (χ2n) is 6.75. The van der Waals surface area contributed by atoms with Crippen molar-refractivity contribution in [2.24, 2.45) is 5.92 Å².